The van der Waals surface area contributed by atoms with Crippen LogP contribution < -0.4 is 4.74 Å². The molecule has 0 fully saturated rings. The van der Waals surface area contributed by atoms with Gasteiger partial charge in [-0.1, -0.05) is 48.0 Å². The van der Waals surface area contributed by atoms with E-state index in [0.29, 0.717) is 30.0 Å². The minimum atomic E-state index is 0.0422. The summed E-state index contributed by atoms with van der Waals surface area (Å²) in [4.78, 5) is 22.2. The van der Waals surface area contributed by atoms with Crippen molar-refractivity contribution < 1.29 is 9.53 Å². The van der Waals surface area contributed by atoms with Gasteiger partial charge in [0.15, 0.2) is 11.6 Å². The van der Waals surface area contributed by atoms with Crippen LogP contribution >= 0.6 is 0 Å². The van der Waals surface area contributed by atoms with Gasteiger partial charge in [0, 0.05) is 24.1 Å². The molecule has 6 heteroatoms. The first kappa shape index (κ1) is 17.6. The van der Waals surface area contributed by atoms with Crippen molar-refractivity contribution in [1.82, 2.24) is 19.6 Å². The lowest BCUT2D eigenvalue weighted by Gasteiger charge is -2.24. The summed E-state index contributed by atoms with van der Waals surface area (Å²) in [6, 6.07) is 15.9. The first-order chi connectivity index (χ1) is 14.1. The number of carbonyl (C=O) groups is 1. The van der Waals surface area contributed by atoms with E-state index in [1.807, 2.05) is 55.5 Å². The number of nitrogens with zero attached hydrogens (tertiary/aromatic N) is 4. The molecule has 0 spiro atoms. The summed E-state index contributed by atoms with van der Waals surface area (Å²) in [5.74, 6) is 2.03. The molecule has 2 aromatic carbocycles. The first-order valence-electron chi connectivity index (χ1n) is 9.62. The normalized spacial score (nSPS) is 16.1. The highest BCUT2D eigenvalue weighted by Gasteiger charge is 2.30. The van der Waals surface area contributed by atoms with Crippen molar-refractivity contribution in [3.8, 4) is 17.1 Å². The fourth-order valence-corrected chi connectivity index (χ4v) is 3.93. The molecular formula is C23H20N4O2. The number of ketones is 1. The van der Waals surface area contributed by atoms with Crippen molar-refractivity contribution in [2.45, 2.75) is 25.7 Å². The molecule has 2 heterocycles. The SMILES string of the molecule is COc1ccccc1[C@@H]1CC(=O)c2cn3nc(-c4ccc(C)cc4)nc3nc2C1. The molecule has 0 unspecified atom stereocenters. The number of aryl methyl sites for hydroxylation is 1. The maximum Gasteiger partial charge on any atom is 0.252 e. The van der Waals surface area contributed by atoms with Crippen LogP contribution in [0.15, 0.2) is 54.7 Å². The molecule has 4 aromatic rings. The van der Waals surface area contributed by atoms with Gasteiger partial charge in [-0.2, -0.15) is 4.98 Å². The van der Waals surface area contributed by atoms with Gasteiger partial charge in [-0.3, -0.25) is 4.79 Å². The Morgan fingerprint density at radius 2 is 1.83 bits per heavy atom. The van der Waals surface area contributed by atoms with E-state index in [0.717, 1.165) is 22.6 Å². The molecule has 1 aliphatic carbocycles. The number of fused-ring (bicyclic) bond motifs is 2. The van der Waals surface area contributed by atoms with E-state index in [4.69, 9.17) is 4.74 Å². The number of rotatable bonds is 3. The lowest BCUT2D eigenvalue weighted by Crippen LogP contribution is -2.21. The zero-order valence-electron chi connectivity index (χ0n) is 16.3. The molecule has 0 saturated heterocycles. The maximum absolute atomic E-state index is 12.9. The van der Waals surface area contributed by atoms with E-state index >= 15 is 0 Å². The van der Waals surface area contributed by atoms with Gasteiger partial charge in [0.25, 0.3) is 5.78 Å². The average Bonchev–Trinajstić information content (AvgIpc) is 3.15. The highest BCUT2D eigenvalue weighted by atomic mass is 16.5. The van der Waals surface area contributed by atoms with Crippen molar-refractivity contribution in [3.05, 3.63) is 77.1 Å². The van der Waals surface area contributed by atoms with Gasteiger partial charge in [-0.05, 0) is 25.0 Å². The molecule has 0 aliphatic heterocycles. The van der Waals surface area contributed by atoms with Crippen LogP contribution in [-0.4, -0.2) is 32.5 Å². The topological polar surface area (TPSA) is 69.4 Å². The summed E-state index contributed by atoms with van der Waals surface area (Å²) in [5.41, 5.74) is 4.55. The van der Waals surface area contributed by atoms with E-state index in [1.54, 1.807) is 17.8 Å². The Morgan fingerprint density at radius 1 is 1.03 bits per heavy atom. The smallest absolute Gasteiger partial charge is 0.252 e. The Kier molecular flexibility index (Phi) is 4.12. The van der Waals surface area contributed by atoms with Crippen molar-refractivity contribution in [2.75, 3.05) is 7.11 Å². The summed E-state index contributed by atoms with van der Waals surface area (Å²) in [7, 11) is 1.65. The number of hydrogen-bond acceptors (Lipinski definition) is 5. The standard InChI is InChI=1S/C23H20N4O2/c1-14-7-9-15(10-8-14)22-25-23-24-19-11-16(17-5-3-4-6-21(17)29-2)12-20(28)18(19)13-27(23)26-22/h3-10,13,16H,11-12H2,1-2H3/t16-/m0/s1. The zero-order valence-corrected chi connectivity index (χ0v) is 16.3. The quantitative estimate of drug-likeness (QED) is 0.534. The zero-order chi connectivity index (χ0) is 20.0. The molecule has 0 saturated carbocycles. The number of benzene rings is 2. The van der Waals surface area contributed by atoms with Crippen LogP contribution in [0.25, 0.3) is 17.2 Å². The van der Waals surface area contributed by atoms with Crippen LogP contribution in [0.3, 0.4) is 0 Å². The molecule has 1 atom stereocenters. The van der Waals surface area contributed by atoms with E-state index in [2.05, 4.69) is 15.1 Å². The molecule has 0 N–H and O–H groups in total. The van der Waals surface area contributed by atoms with Gasteiger partial charge in [0.1, 0.15) is 5.75 Å². The second kappa shape index (κ2) is 6.81. The van der Waals surface area contributed by atoms with Crippen molar-refractivity contribution in [3.63, 3.8) is 0 Å². The van der Waals surface area contributed by atoms with Crippen LogP contribution in [0.4, 0.5) is 0 Å². The number of para-hydroxylation sites is 1. The fraction of sp³-hybridized carbons (Fsp3) is 0.217. The van der Waals surface area contributed by atoms with E-state index in [1.165, 1.54) is 5.56 Å². The van der Waals surface area contributed by atoms with Crippen molar-refractivity contribution in [2.24, 2.45) is 0 Å². The summed E-state index contributed by atoms with van der Waals surface area (Å²) >= 11 is 0. The summed E-state index contributed by atoms with van der Waals surface area (Å²) < 4.78 is 7.10. The van der Waals surface area contributed by atoms with Gasteiger partial charge in [0.05, 0.1) is 18.4 Å². The fourth-order valence-electron chi connectivity index (χ4n) is 3.93. The maximum atomic E-state index is 12.9. The summed E-state index contributed by atoms with van der Waals surface area (Å²) in [6.07, 6.45) is 2.87. The second-order valence-electron chi connectivity index (χ2n) is 7.42. The second-order valence-corrected chi connectivity index (χ2v) is 7.42. The number of methoxy groups -OCH3 is 1. The van der Waals surface area contributed by atoms with Crippen LogP contribution in [0, 0.1) is 6.92 Å². The minimum absolute atomic E-state index is 0.0422. The molecular weight excluding hydrogens is 364 g/mol. The van der Waals surface area contributed by atoms with Crippen LogP contribution in [-0.2, 0) is 6.42 Å². The molecule has 0 bridgehead atoms. The van der Waals surface area contributed by atoms with Crippen molar-refractivity contribution in [1.29, 1.82) is 0 Å². The minimum Gasteiger partial charge on any atom is -0.496 e. The molecule has 0 radical (unpaired) electrons. The third kappa shape index (κ3) is 3.06. The van der Waals surface area contributed by atoms with E-state index in [9.17, 15) is 4.79 Å². The Bertz CT molecular complexity index is 1230. The number of carbonyl (C=O) groups excluding carboxylic acids is 1. The Balaban J connectivity index is 1.55. The van der Waals surface area contributed by atoms with Gasteiger partial charge < -0.3 is 4.74 Å². The molecule has 29 heavy (non-hydrogen) atoms. The third-order valence-electron chi connectivity index (χ3n) is 5.47. The van der Waals surface area contributed by atoms with Gasteiger partial charge in [-0.15, -0.1) is 5.10 Å². The number of ether oxygens (including phenoxy) is 1. The predicted molar refractivity (Wildman–Crippen MR) is 109 cm³/mol. The van der Waals surface area contributed by atoms with Gasteiger partial charge in [0.2, 0.25) is 0 Å². The number of Topliss-reactive ketones (excluding diaryl/α,β-unsaturated/α-hetero) is 1. The van der Waals surface area contributed by atoms with Crippen molar-refractivity contribution >= 4 is 11.6 Å². The molecule has 6 nitrogen and oxygen atoms in total. The summed E-state index contributed by atoms with van der Waals surface area (Å²) in [5, 5.41) is 4.53. The lowest BCUT2D eigenvalue weighted by molar-refractivity contribution is 0.0962. The monoisotopic (exact) mass is 384 g/mol. The highest BCUT2D eigenvalue weighted by Crippen LogP contribution is 2.36. The van der Waals surface area contributed by atoms with E-state index < -0.39 is 0 Å². The molecule has 144 valence electrons. The number of hydrogen-bond donors (Lipinski definition) is 0. The first-order valence-corrected chi connectivity index (χ1v) is 9.62. The molecule has 5 rings (SSSR count). The van der Waals surface area contributed by atoms with Crippen LogP contribution in [0.1, 0.15) is 39.5 Å². The van der Waals surface area contributed by atoms with Gasteiger partial charge in [-0.25, -0.2) is 9.50 Å². The average molecular weight is 384 g/mol. The predicted octanol–water partition coefficient (Wildman–Crippen LogP) is 4.02. The Hall–Kier alpha value is -3.54. The third-order valence-corrected chi connectivity index (χ3v) is 5.47. The van der Waals surface area contributed by atoms with Crippen LogP contribution in [0.5, 0.6) is 5.75 Å². The highest BCUT2D eigenvalue weighted by molar-refractivity contribution is 5.98. The number of aromatic nitrogens is 4. The molecule has 2 aromatic heterocycles. The summed E-state index contributed by atoms with van der Waals surface area (Å²) in [6.45, 7) is 2.04. The lowest BCUT2D eigenvalue weighted by atomic mass is 9.82. The Morgan fingerprint density at radius 3 is 2.62 bits per heavy atom. The molecule has 0 amide bonds. The largest absolute Gasteiger partial charge is 0.496 e. The molecule has 1 aliphatic rings. The van der Waals surface area contributed by atoms with E-state index in [-0.39, 0.29) is 11.7 Å². The van der Waals surface area contributed by atoms with Crippen LogP contribution in [0.2, 0.25) is 0 Å². The Labute approximate surface area is 168 Å². The van der Waals surface area contributed by atoms with Gasteiger partial charge >= 0.3 is 0 Å².